The predicted molar refractivity (Wildman–Crippen MR) is 73.5 cm³/mol. The standard InChI is InChI=1S/C14H15NO3S/c1-7-4-11(14(17)18)13(19-7)15-12(16)10-6-8-2-3-9(10)5-8/h2-4,8-10H,5-6H2,1H3,(H,15,16)(H,17,18). The number of anilines is 1. The van der Waals surface area contributed by atoms with Crippen molar-refractivity contribution in [3.05, 3.63) is 28.7 Å². The van der Waals surface area contributed by atoms with E-state index in [4.69, 9.17) is 5.11 Å². The maximum Gasteiger partial charge on any atom is 0.338 e. The van der Waals surface area contributed by atoms with E-state index >= 15 is 0 Å². The SMILES string of the molecule is Cc1cc(C(=O)O)c(NC(=O)C2CC3C=CC2C3)s1. The van der Waals surface area contributed by atoms with Crippen molar-refractivity contribution >= 4 is 28.2 Å². The highest BCUT2D eigenvalue weighted by molar-refractivity contribution is 7.16. The lowest BCUT2D eigenvalue weighted by Gasteiger charge is -2.17. The molecular formula is C14H15NO3S. The van der Waals surface area contributed by atoms with Crippen LogP contribution in [0.3, 0.4) is 0 Å². The van der Waals surface area contributed by atoms with Crippen LogP contribution < -0.4 is 5.32 Å². The van der Waals surface area contributed by atoms with Gasteiger partial charge in [-0.1, -0.05) is 12.2 Å². The average molecular weight is 277 g/mol. The Labute approximate surface area is 115 Å². The second-order valence-electron chi connectivity index (χ2n) is 5.28. The van der Waals surface area contributed by atoms with Gasteiger partial charge in [0, 0.05) is 10.8 Å². The van der Waals surface area contributed by atoms with Gasteiger partial charge < -0.3 is 10.4 Å². The van der Waals surface area contributed by atoms with Crippen molar-refractivity contribution in [2.24, 2.45) is 17.8 Å². The minimum Gasteiger partial charge on any atom is -0.478 e. The smallest absolute Gasteiger partial charge is 0.338 e. The fourth-order valence-electron chi connectivity index (χ4n) is 3.05. The Morgan fingerprint density at radius 3 is 2.74 bits per heavy atom. The monoisotopic (exact) mass is 277 g/mol. The summed E-state index contributed by atoms with van der Waals surface area (Å²) in [7, 11) is 0. The third kappa shape index (κ3) is 2.18. The molecule has 0 aromatic carbocycles. The molecule has 0 spiro atoms. The maximum atomic E-state index is 12.3. The lowest BCUT2D eigenvalue weighted by molar-refractivity contribution is -0.120. The topological polar surface area (TPSA) is 66.4 Å². The summed E-state index contributed by atoms with van der Waals surface area (Å²) in [5.41, 5.74) is 0.189. The van der Waals surface area contributed by atoms with Crippen LogP contribution in [-0.2, 0) is 4.79 Å². The number of amides is 1. The number of allylic oxidation sites excluding steroid dienone is 2. The molecule has 0 saturated heterocycles. The molecule has 3 rings (SSSR count). The zero-order valence-electron chi connectivity index (χ0n) is 10.6. The van der Waals surface area contributed by atoms with Crippen molar-refractivity contribution in [3.8, 4) is 0 Å². The first-order valence-electron chi connectivity index (χ1n) is 6.37. The molecular weight excluding hydrogens is 262 g/mol. The summed E-state index contributed by atoms with van der Waals surface area (Å²) >= 11 is 1.32. The van der Waals surface area contributed by atoms with E-state index in [2.05, 4.69) is 17.5 Å². The average Bonchev–Trinajstić information content (AvgIpc) is 3.03. The van der Waals surface area contributed by atoms with Crippen LogP contribution in [0.15, 0.2) is 18.2 Å². The van der Waals surface area contributed by atoms with Crippen LogP contribution >= 0.6 is 11.3 Å². The number of fused-ring (bicyclic) bond motifs is 2. The van der Waals surface area contributed by atoms with Gasteiger partial charge in [-0.2, -0.15) is 0 Å². The van der Waals surface area contributed by atoms with Gasteiger partial charge in [0.2, 0.25) is 5.91 Å². The van der Waals surface area contributed by atoms with E-state index in [0.29, 0.717) is 16.8 Å². The Bertz CT molecular complexity index is 575. The van der Waals surface area contributed by atoms with Crippen molar-refractivity contribution in [1.82, 2.24) is 0 Å². The largest absolute Gasteiger partial charge is 0.478 e. The first-order valence-corrected chi connectivity index (χ1v) is 7.19. The number of carbonyl (C=O) groups excluding carboxylic acids is 1. The summed E-state index contributed by atoms with van der Waals surface area (Å²) < 4.78 is 0. The molecule has 1 heterocycles. The second kappa shape index (κ2) is 4.49. The Morgan fingerprint density at radius 1 is 1.37 bits per heavy atom. The summed E-state index contributed by atoms with van der Waals surface area (Å²) in [6.45, 7) is 1.84. The number of hydrogen-bond donors (Lipinski definition) is 2. The second-order valence-corrected chi connectivity index (χ2v) is 6.54. The van der Waals surface area contributed by atoms with Crippen LogP contribution in [0.5, 0.6) is 0 Å². The van der Waals surface area contributed by atoms with Gasteiger partial charge in [0.05, 0.1) is 5.56 Å². The van der Waals surface area contributed by atoms with Gasteiger partial charge in [0.15, 0.2) is 0 Å². The van der Waals surface area contributed by atoms with E-state index in [0.717, 1.165) is 17.7 Å². The third-order valence-corrected chi connectivity index (χ3v) is 4.90. The number of aryl methyl sites for hydroxylation is 1. The molecule has 2 aliphatic rings. The van der Waals surface area contributed by atoms with Crippen molar-refractivity contribution in [1.29, 1.82) is 0 Å². The van der Waals surface area contributed by atoms with Gasteiger partial charge in [0.25, 0.3) is 0 Å². The summed E-state index contributed by atoms with van der Waals surface area (Å²) in [6, 6.07) is 1.60. The number of rotatable bonds is 3. The molecule has 2 N–H and O–H groups in total. The van der Waals surface area contributed by atoms with Crippen LogP contribution in [-0.4, -0.2) is 17.0 Å². The Kier molecular flexibility index (Phi) is 2.93. The molecule has 0 radical (unpaired) electrons. The number of carboxylic acids is 1. The van der Waals surface area contributed by atoms with Gasteiger partial charge in [0.1, 0.15) is 5.00 Å². The van der Waals surface area contributed by atoms with Crippen LogP contribution in [0.2, 0.25) is 0 Å². The van der Waals surface area contributed by atoms with Gasteiger partial charge >= 0.3 is 5.97 Å². The highest BCUT2D eigenvalue weighted by Crippen LogP contribution is 2.44. The Morgan fingerprint density at radius 2 is 2.16 bits per heavy atom. The van der Waals surface area contributed by atoms with Crippen LogP contribution in [0.1, 0.15) is 28.1 Å². The first-order chi connectivity index (χ1) is 9.04. The van der Waals surface area contributed by atoms with E-state index in [1.807, 2.05) is 6.92 Å². The molecule has 3 atom stereocenters. The molecule has 1 aromatic heterocycles. The first kappa shape index (κ1) is 12.4. The summed E-state index contributed by atoms with van der Waals surface area (Å²) in [4.78, 5) is 24.3. The predicted octanol–water partition coefficient (Wildman–Crippen LogP) is 2.91. The number of thiophene rings is 1. The van der Waals surface area contributed by atoms with Crippen LogP contribution in [0, 0.1) is 24.7 Å². The molecule has 1 fully saturated rings. The quantitative estimate of drug-likeness (QED) is 0.835. The van der Waals surface area contributed by atoms with E-state index in [-0.39, 0.29) is 17.4 Å². The number of carbonyl (C=O) groups is 2. The fraction of sp³-hybridized carbons (Fsp3) is 0.429. The Hall–Kier alpha value is -1.62. The third-order valence-electron chi connectivity index (χ3n) is 3.94. The maximum absolute atomic E-state index is 12.3. The fourth-order valence-corrected chi connectivity index (χ4v) is 3.96. The van der Waals surface area contributed by atoms with Crippen molar-refractivity contribution in [2.75, 3.05) is 5.32 Å². The van der Waals surface area contributed by atoms with Gasteiger partial charge in [-0.15, -0.1) is 11.3 Å². The molecule has 0 aliphatic heterocycles. The van der Waals surface area contributed by atoms with Crippen molar-refractivity contribution < 1.29 is 14.7 Å². The molecule has 100 valence electrons. The summed E-state index contributed by atoms with van der Waals surface area (Å²) in [5.74, 6) is -0.170. The van der Waals surface area contributed by atoms with Crippen LogP contribution in [0.4, 0.5) is 5.00 Å². The number of carboxylic acid groups (broad SMARTS) is 1. The molecule has 19 heavy (non-hydrogen) atoms. The van der Waals surface area contributed by atoms with Gasteiger partial charge in [-0.25, -0.2) is 4.79 Å². The number of hydrogen-bond acceptors (Lipinski definition) is 3. The molecule has 1 amide bonds. The zero-order valence-corrected chi connectivity index (χ0v) is 11.4. The number of aromatic carboxylic acids is 1. The summed E-state index contributed by atoms with van der Waals surface area (Å²) in [6.07, 6.45) is 6.26. The molecule has 2 bridgehead atoms. The molecule has 1 aromatic rings. The van der Waals surface area contributed by atoms with E-state index in [1.165, 1.54) is 11.3 Å². The number of nitrogens with one attached hydrogen (secondary N) is 1. The van der Waals surface area contributed by atoms with Gasteiger partial charge in [-0.05, 0) is 37.7 Å². The Balaban J connectivity index is 1.76. The molecule has 3 unspecified atom stereocenters. The van der Waals surface area contributed by atoms with Crippen molar-refractivity contribution in [2.45, 2.75) is 19.8 Å². The van der Waals surface area contributed by atoms with Crippen LogP contribution in [0.25, 0.3) is 0 Å². The van der Waals surface area contributed by atoms with Gasteiger partial charge in [-0.3, -0.25) is 4.79 Å². The molecule has 5 heteroatoms. The zero-order chi connectivity index (χ0) is 13.6. The highest BCUT2D eigenvalue weighted by atomic mass is 32.1. The van der Waals surface area contributed by atoms with Crippen molar-refractivity contribution in [3.63, 3.8) is 0 Å². The summed E-state index contributed by atoms with van der Waals surface area (Å²) in [5, 5.41) is 12.4. The molecule has 1 saturated carbocycles. The normalized spacial score (nSPS) is 27.7. The molecule has 4 nitrogen and oxygen atoms in total. The molecule has 2 aliphatic carbocycles. The van der Waals surface area contributed by atoms with E-state index in [1.54, 1.807) is 6.07 Å². The van der Waals surface area contributed by atoms with E-state index in [9.17, 15) is 9.59 Å². The lowest BCUT2D eigenvalue weighted by Crippen LogP contribution is -2.26. The van der Waals surface area contributed by atoms with E-state index < -0.39 is 5.97 Å². The lowest BCUT2D eigenvalue weighted by atomic mass is 9.93. The minimum atomic E-state index is -0.993. The highest BCUT2D eigenvalue weighted by Gasteiger charge is 2.40. The minimum absolute atomic E-state index is 0.000879.